The molecule has 2 aromatic rings. The van der Waals surface area contributed by atoms with Gasteiger partial charge in [0.15, 0.2) is 11.2 Å². The first-order valence-corrected chi connectivity index (χ1v) is 9.54. The Morgan fingerprint density at radius 1 is 1.33 bits per heavy atom. The topological polar surface area (TPSA) is 135 Å². The van der Waals surface area contributed by atoms with Gasteiger partial charge in [0, 0.05) is 14.1 Å². The lowest BCUT2D eigenvalue weighted by Crippen LogP contribution is -2.38. The minimum atomic E-state index is -0.713. The van der Waals surface area contributed by atoms with Crippen molar-refractivity contribution in [3.8, 4) is 0 Å². The van der Waals surface area contributed by atoms with Crippen LogP contribution >= 0.6 is 0 Å². The van der Waals surface area contributed by atoms with Crippen molar-refractivity contribution in [2.45, 2.75) is 32.2 Å². The lowest BCUT2D eigenvalue weighted by atomic mass is 10.2. The SMILES string of the molecule is CC[C@@H](C(=O)OCC(CO)OCOCn1cnc2c(=O)[nH]c(N(C)C)nc21)N(C)C. The number of likely N-dealkylation sites (N-methyl/N-ethyl adjacent to an activating group) is 1. The van der Waals surface area contributed by atoms with E-state index < -0.39 is 6.10 Å². The lowest BCUT2D eigenvalue weighted by Gasteiger charge is -2.22. The summed E-state index contributed by atoms with van der Waals surface area (Å²) in [6, 6.07) is -0.349. The van der Waals surface area contributed by atoms with Crippen LogP contribution in [0.2, 0.25) is 0 Å². The number of aliphatic hydroxyl groups is 1. The number of fused-ring (bicyclic) bond motifs is 1. The molecule has 0 saturated heterocycles. The van der Waals surface area contributed by atoms with E-state index in [-0.39, 0.29) is 49.8 Å². The first-order chi connectivity index (χ1) is 14.3. The first-order valence-electron chi connectivity index (χ1n) is 9.54. The number of hydrogen-bond acceptors (Lipinski definition) is 10. The molecule has 0 bridgehead atoms. The van der Waals surface area contributed by atoms with Crippen LogP contribution in [0.15, 0.2) is 11.1 Å². The number of carbonyl (C=O) groups is 1. The van der Waals surface area contributed by atoms with Crippen LogP contribution < -0.4 is 10.5 Å². The highest BCUT2D eigenvalue weighted by molar-refractivity contribution is 5.75. The molecule has 2 heterocycles. The van der Waals surface area contributed by atoms with Gasteiger partial charge < -0.3 is 24.2 Å². The van der Waals surface area contributed by atoms with E-state index in [1.54, 1.807) is 42.6 Å². The Balaban J connectivity index is 1.86. The van der Waals surface area contributed by atoms with Gasteiger partial charge in [-0.05, 0) is 20.5 Å². The van der Waals surface area contributed by atoms with E-state index in [9.17, 15) is 14.7 Å². The predicted molar refractivity (Wildman–Crippen MR) is 109 cm³/mol. The Kier molecular flexibility index (Phi) is 8.72. The van der Waals surface area contributed by atoms with Crippen molar-refractivity contribution in [3.63, 3.8) is 0 Å². The van der Waals surface area contributed by atoms with Crippen molar-refractivity contribution in [3.05, 3.63) is 16.7 Å². The molecule has 0 spiro atoms. The third-order valence-electron chi connectivity index (χ3n) is 4.40. The molecule has 0 fully saturated rings. The molecule has 0 saturated carbocycles. The van der Waals surface area contributed by atoms with E-state index in [4.69, 9.17) is 14.2 Å². The fourth-order valence-corrected chi connectivity index (χ4v) is 2.70. The van der Waals surface area contributed by atoms with Crippen molar-refractivity contribution < 1.29 is 24.1 Å². The number of anilines is 1. The molecule has 0 radical (unpaired) electrons. The average molecular weight is 426 g/mol. The first kappa shape index (κ1) is 23.7. The van der Waals surface area contributed by atoms with Gasteiger partial charge >= 0.3 is 5.97 Å². The molecule has 168 valence electrons. The Bertz CT molecular complexity index is 880. The zero-order valence-electron chi connectivity index (χ0n) is 18.0. The number of aromatic amines is 1. The third-order valence-corrected chi connectivity index (χ3v) is 4.40. The van der Waals surface area contributed by atoms with Crippen LogP contribution in [0.5, 0.6) is 0 Å². The van der Waals surface area contributed by atoms with Gasteiger partial charge in [-0.3, -0.25) is 24.0 Å². The van der Waals surface area contributed by atoms with Crippen LogP contribution in [0.4, 0.5) is 5.95 Å². The Morgan fingerprint density at radius 2 is 2.07 bits per heavy atom. The number of imidazole rings is 1. The molecular formula is C18H30N6O6. The molecule has 1 unspecified atom stereocenters. The smallest absolute Gasteiger partial charge is 0.323 e. The minimum Gasteiger partial charge on any atom is -0.462 e. The highest BCUT2D eigenvalue weighted by Gasteiger charge is 2.21. The lowest BCUT2D eigenvalue weighted by molar-refractivity contribution is -0.163. The van der Waals surface area contributed by atoms with Crippen LogP contribution in [0.3, 0.4) is 0 Å². The summed E-state index contributed by atoms with van der Waals surface area (Å²) in [6.45, 7) is 1.36. The highest BCUT2D eigenvalue weighted by atomic mass is 16.7. The Morgan fingerprint density at radius 3 is 2.67 bits per heavy atom. The number of hydrogen-bond donors (Lipinski definition) is 2. The molecule has 0 aliphatic carbocycles. The molecule has 12 nitrogen and oxygen atoms in total. The van der Waals surface area contributed by atoms with Gasteiger partial charge in [0.1, 0.15) is 32.3 Å². The fraction of sp³-hybridized carbons (Fsp3) is 0.667. The van der Waals surface area contributed by atoms with Crippen molar-refractivity contribution in [2.75, 3.05) is 53.1 Å². The second kappa shape index (κ2) is 11.0. The number of rotatable bonds is 12. The third kappa shape index (κ3) is 5.98. The number of H-pyrrole nitrogens is 1. The summed E-state index contributed by atoms with van der Waals surface area (Å²) in [4.78, 5) is 38.7. The second-order valence-corrected chi connectivity index (χ2v) is 7.11. The van der Waals surface area contributed by atoms with Gasteiger partial charge in [-0.15, -0.1) is 0 Å². The van der Waals surface area contributed by atoms with Crippen molar-refractivity contribution in [2.24, 2.45) is 0 Å². The fourth-order valence-electron chi connectivity index (χ4n) is 2.70. The average Bonchev–Trinajstić information content (AvgIpc) is 3.11. The monoisotopic (exact) mass is 426 g/mol. The molecule has 2 rings (SSSR count). The second-order valence-electron chi connectivity index (χ2n) is 7.11. The van der Waals surface area contributed by atoms with E-state index in [2.05, 4.69) is 15.0 Å². The van der Waals surface area contributed by atoms with Gasteiger partial charge in [-0.25, -0.2) is 4.98 Å². The summed E-state index contributed by atoms with van der Waals surface area (Å²) in [5.41, 5.74) is 0.241. The number of nitrogens with zero attached hydrogens (tertiary/aromatic N) is 5. The maximum atomic E-state index is 12.1. The number of esters is 1. The molecular weight excluding hydrogens is 396 g/mol. The summed E-state index contributed by atoms with van der Waals surface area (Å²) in [5, 5.41) is 9.43. The molecule has 0 aliphatic rings. The van der Waals surface area contributed by atoms with Crippen LogP contribution in [-0.4, -0.2) is 95.8 Å². The number of aliphatic hydroxyl groups excluding tert-OH is 1. The number of ether oxygens (including phenoxy) is 3. The number of aromatic nitrogens is 4. The van der Waals surface area contributed by atoms with Gasteiger partial charge in [-0.1, -0.05) is 6.92 Å². The maximum Gasteiger partial charge on any atom is 0.323 e. The summed E-state index contributed by atoms with van der Waals surface area (Å²) in [6.07, 6.45) is 1.35. The van der Waals surface area contributed by atoms with Crippen molar-refractivity contribution >= 4 is 23.1 Å². The summed E-state index contributed by atoms with van der Waals surface area (Å²) in [5.74, 6) is 0.0270. The summed E-state index contributed by atoms with van der Waals surface area (Å²) in [7, 11) is 7.12. The molecule has 2 aromatic heterocycles. The Labute approximate surface area is 174 Å². The van der Waals surface area contributed by atoms with Gasteiger partial charge in [0.05, 0.1) is 12.9 Å². The maximum absolute atomic E-state index is 12.1. The molecule has 12 heteroatoms. The molecule has 2 atom stereocenters. The normalized spacial score (nSPS) is 13.6. The van der Waals surface area contributed by atoms with E-state index in [1.165, 1.54) is 6.33 Å². The van der Waals surface area contributed by atoms with Gasteiger partial charge in [0.2, 0.25) is 5.95 Å². The standard InChI is InChI=1S/C18H30N6O6/c1-6-13(22(2)3)17(27)29-8-12(7-25)30-11-28-10-24-9-19-14-15(24)20-18(23(4)5)21-16(14)26/h9,12-13,25H,6-8,10-11H2,1-5H3,(H,20,21,26)/t12?,13-/m0/s1. The van der Waals surface area contributed by atoms with Crippen molar-refractivity contribution in [1.29, 1.82) is 0 Å². The van der Waals surface area contributed by atoms with Crippen LogP contribution in [0.25, 0.3) is 11.2 Å². The van der Waals surface area contributed by atoms with E-state index >= 15 is 0 Å². The van der Waals surface area contributed by atoms with Gasteiger partial charge in [0.25, 0.3) is 5.56 Å². The summed E-state index contributed by atoms with van der Waals surface area (Å²) >= 11 is 0. The van der Waals surface area contributed by atoms with Crippen LogP contribution in [0, 0.1) is 0 Å². The van der Waals surface area contributed by atoms with Gasteiger partial charge in [-0.2, -0.15) is 4.98 Å². The zero-order chi connectivity index (χ0) is 22.3. The number of nitrogens with one attached hydrogen (secondary N) is 1. The van der Waals surface area contributed by atoms with Crippen LogP contribution in [0.1, 0.15) is 13.3 Å². The zero-order valence-corrected chi connectivity index (χ0v) is 18.0. The largest absolute Gasteiger partial charge is 0.462 e. The van der Waals surface area contributed by atoms with E-state index in [0.29, 0.717) is 18.0 Å². The molecule has 2 N–H and O–H groups in total. The highest BCUT2D eigenvalue weighted by Crippen LogP contribution is 2.10. The quantitative estimate of drug-likeness (QED) is 0.257. The number of carbonyl (C=O) groups excluding carboxylic acids is 1. The molecule has 0 aromatic carbocycles. The molecule has 0 aliphatic heterocycles. The summed E-state index contributed by atoms with van der Waals surface area (Å²) < 4.78 is 17.7. The molecule has 0 amide bonds. The van der Waals surface area contributed by atoms with Crippen molar-refractivity contribution in [1.82, 2.24) is 24.4 Å². The predicted octanol–water partition coefficient (Wildman–Crippen LogP) is -0.622. The van der Waals surface area contributed by atoms with E-state index in [0.717, 1.165) is 0 Å². The Hall–Kier alpha value is -2.54. The minimum absolute atomic E-state index is 0.0380. The van der Waals surface area contributed by atoms with E-state index in [1.807, 2.05) is 6.92 Å². The molecule has 30 heavy (non-hydrogen) atoms. The van der Waals surface area contributed by atoms with Crippen LogP contribution in [-0.2, 0) is 25.7 Å².